The first-order valence-corrected chi connectivity index (χ1v) is 10.6. The molecular formula is C26H29ClO3. The van der Waals surface area contributed by atoms with Gasteiger partial charge in [-0.05, 0) is 66.8 Å². The van der Waals surface area contributed by atoms with E-state index in [4.69, 9.17) is 16.3 Å². The van der Waals surface area contributed by atoms with Gasteiger partial charge in [0.05, 0.1) is 6.61 Å². The lowest BCUT2D eigenvalue weighted by atomic mass is 9.79. The van der Waals surface area contributed by atoms with Crippen molar-refractivity contribution in [3.05, 3.63) is 64.2 Å². The van der Waals surface area contributed by atoms with Gasteiger partial charge in [-0.1, -0.05) is 56.6 Å². The number of benzene rings is 2. The van der Waals surface area contributed by atoms with Gasteiger partial charge in [-0.25, -0.2) is 0 Å². The van der Waals surface area contributed by atoms with Crippen molar-refractivity contribution in [3.63, 3.8) is 0 Å². The van der Waals surface area contributed by atoms with Crippen molar-refractivity contribution < 1.29 is 14.3 Å². The molecule has 4 heteroatoms. The van der Waals surface area contributed by atoms with Crippen molar-refractivity contribution in [2.24, 2.45) is 5.41 Å². The number of hydrogen-bond acceptors (Lipinski definition) is 3. The number of aryl methyl sites for hydroxylation is 1. The molecule has 0 aromatic heterocycles. The van der Waals surface area contributed by atoms with Crippen molar-refractivity contribution in [3.8, 4) is 11.1 Å². The van der Waals surface area contributed by atoms with Crippen LogP contribution < -0.4 is 0 Å². The van der Waals surface area contributed by atoms with Gasteiger partial charge in [0.2, 0.25) is 0 Å². The number of carbonyl (C=O) groups is 2. The van der Waals surface area contributed by atoms with Gasteiger partial charge in [-0.2, -0.15) is 0 Å². The second-order valence-corrected chi connectivity index (χ2v) is 9.93. The molecule has 0 saturated heterocycles. The Bertz CT molecular complexity index is 1020. The minimum Gasteiger partial charge on any atom is -0.363 e. The average Bonchev–Trinajstić information content (AvgIpc) is 2.66. The van der Waals surface area contributed by atoms with E-state index >= 15 is 0 Å². The van der Waals surface area contributed by atoms with E-state index in [0.29, 0.717) is 10.6 Å². The van der Waals surface area contributed by atoms with Crippen LogP contribution >= 0.6 is 11.6 Å². The van der Waals surface area contributed by atoms with Crippen LogP contribution in [-0.4, -0.2) is 23.8 Å². The van der Waals surface area contributed by atoms with Gasteiger partial charge in [0.25, 0.3) is 0 Å². The molecule has 0 unspecified atom stereocenters. The molecule has 3 rings (SSSR count). The van der Waals surface area contributed by atoms with Gasteiger partial charge in [0, 0.05) is 22.4 Å². The zero-order valence-electron chi connectivity index (χ0n) is 18.6. The molecule has 0 saturated carbocycles. The van der Waals surface area contributed by atoms with E-state index in [1.165, 1.54) is 0 Å². The van der Waals surface area contributed by atoms with E-state index in [-0.39, 0.29) is 24.6 Å². The van der Waals surface area contributed by atoms with Gasteiger partial charge < -0.3 is 4.74 Å². The summed E-state index contributed by atoms with van der Waals surface area (Å²) in [6, 6.07) is 13.7. The van der Waals surface area contributed by atoms with E-state index in [1.54, 1.807) is 13.8 Å². The number of Topliss-reactive ketones (excluding diaryl/α,β-unsaturated/α-hetero) is 2. The number of rotatable bonds is 4. The summed E-state index contributed by atoms with van der Waals surface area (Å²) in [5, 5.41) is 0.679. The van der Waals surface area contributed by atoms with Crippen LogP contribution in [0.15, 0.2) is 48.0 Å². The largest absolute Gasteiger partial charge is 0.363 e. The fraction of sp³-hybridized carbons (Fsp3) is 0.385. The predicted octanol–water partition coefficient (Wildman–Crippen LogP) is 6.45. The van der Waals surface area contributed by atoms with E-state index < -0.39 is 11.0 Å². The summed E-state index contributed by atoms with van der Waals surface area (Å²) in [5.41, 5.74) is 3.86. The molecule has 0 radical (unpaired) electrons. The quantitative estimate of drug-likeness (QED) is 0.566. The summed E-state index contributed by atoms with van der Waals surface area (Å²) in [6.45, 7) is 11.5. The van der Waals surface area contributed by atoms with Crippen LogP contribution in [0.5, 0.6) is 0 Å². The van der Waals surface area contributed by atoms with Crippen LogP contribution in [0.3, 0.4) is 0 Å². The molecule has 0 atom stereocenters. The lowest BCUT2D eigenvalue weighted by Gasteiger charge is -2.33. The van der Waals surface area contributed by atoms with Gasteiger partial charge in [0.15, 0.2) is 5.78 Å². The summed E-state index contributed by atoms with van der Waals surface area (Å²) in [7, 11) is 0. The summed E-state index contributed by atoms with van der Waals surface area (Å²) in [4.78, 5) is 26.2. The third-order valence-corrected chi connectivity index (χ3v) is 5.88. The lowest BCUT2D eigenvalue weighted by molar-refractivity contribution is -0.135. The Balaban J connectivity index is 2.16. The Kier molecular flexibility index (Phi) is 6.08. The number of halogens is 1. The second kappa shape index (κ2) is 8.13. The molecule has 1 aliphatic rings. The van der Waals surface area contributed by atoms with Gasteiger partial charge in [-0.15, -0.1) is 0 Å². The second-order valence-electron chi connectivity index (χ2n) is 9.49. The molecule has 1 heterocycles. The van der Waals surface area contributed by atoms with Gasteiger partial charge in [-0.3, -0.25) is 9.59 Å². The van der Waals surface area contributed by atoms with Crippen LogP contribution in [-0.2, 0) is 14.3 Å². The van der Waals surface area contributed by atoms with Gasteiger partial charge in [0.1, 0.15) is 11.4 Å². The molecule has 0 fully saturated rings. The van der Waals surface area contributed by atoms with Crippen LogP contribution in [0.25, 0.3) is 16.7 Å². The maximum Gasteiger partial charge on any atom is 0.194 e. The average molecular weight is 425 g/mol. The lowest BCUT2D eigenvalue weighted by Crippen LogP contribution is -2.41. The van der Waals surface area contributed by atoms with E-state index in [0.717, 1.165) is 27.8 Å². The Morgan fingerprint density at radius 2 is 1.67 bits per heavy atom. The molecule has 2 aromatic carbocycles. The molecule has 2 aromatic rings. The Morgan fingerprint density at radius 3 is 2.27 bits per heavy atom. The van der Waals surface area contributed by atoms with Crippen molar-refractivity contribution >= 4 is 28.7 Å². The number of carbonyl (C=O) groups excluding carboxylic acids is 2. The third-order valence-electron chi connectivity index (χ3n) is 5.63. The molecule has 0 spiro atoms. The van der Waals surface area contributed by atoms with Gasteiger partial charge >= 0.3 is 0 Å². The monoisotopic (exact) mass is 424 g/mol. The normalized spacial score (nSPS) is 16.7. The van der Waals surface area contributed by atoms with Crippen LogP contribution in [0, 0.1) is 12.3 Å². The fourth-order valence-corrected chi connectivity index (χ4v) is 3.62. The molecule has 30 heavy (non-hydrogen) atoms. The Labute approximate surface area is 184 Å². The van der Waals surface area contributed by atoms with Crippen LogP contribution in [0.4, 0.5) is 0 Å². The summed E-state index contributed by atoms with van der Waals surface area (Å²) >= 11 is 6.03. The van der Waals surface area contributed by atoms with E-state index in [2.05, 4.69) is 0 Å². The number of hydrogen-bond donors (Lipinski definition) is 0. The van der Waals surface area contributed by atoms with Crippen molar-refractivity contribution in [1.29, 1.82) is 0 Å². The summed E-state index contributed by atoms with van der Waals surface area (Å²) in [5.74, 6) is 0.0134. The minimum atomic E-state index is -0.924. The molecule has 0 aliphatic carbocycles. The Hall–Kier alpha value is -2.23. The summed E-state index contributed by atoms with van der Waals surface area (Å²) in [6.07, 6.45) is 0.214. The smallest absolute Gasteiger partial charge is 0.194 e. The highest BCUT2D eigenvalue weighted by atomic mass is 35.5. The van der Waals surface area contributed by atoms with Crippen molar-refractivity contribution in [2.45, 2.75) is 53.6 Å². The molecule has 0 bridgehead atoms. The Morgan fingerprint density at radius 1 is 1.07 bits per heavy atom. The zero-order valence-corrected chi connectivity index (χ0v) is 19.3. The van der Waals surface area contributed by atoms with E-state index in [9.17, 15) is 9.59 Å². The number of ether oxygens (including phenoxy) is 1. The summed E-state index contributed by atoms with van der Waals surface area (Å²) < 4.78 is 5.85. The highest BCUT2D eigenvalue weighted by molar-refractivity contribution is 6.30. The molecular weight excluding hydrogens is 396 g/mol. The topological polar surface area (TPSA) is 43.4 Å². The molecule has 1 aliphatic heterocycles. The molecule has 3 nitrogen and oxygen atoms in total. The van der Waals surface area contributed by atoms with Crippen LogP contribution in [0.1, 0.15) is 52.2 Å². The standard InChI is InChI=1S/C26H29ClO3/c1-16-7-8-18(17-9-11-20(27)12-10-17)13-21(16)23-19(14-22(28)25(2,3)4)15-30-26(5,6)24(23)29/h7-13H,14-15H2,1-6H3. The maximum atomic E-state index is 13.4. The molecule has 0 N–H and O–H groups in total. The predicted molar refractivity (Wildman–Crippen MR) is 123 cm³/mol. The van der Waals surface area contributed by atoms with E-state index in [1.807, 2.05) is 70.2 Å². The third kappa shape index (κ3) is 4.58. The van der Waals surface area contributed by atoms with Crippen molar-refractivity contribution in [1.82, 2.24) is 0 Å². The van der Waals surface area contributed by atoms with Crippen LogP contribution in [0.2, 0.25) is 5.02 Å². The fourth-order valence-electron chi connectivity index (χ4n) is 3.49. The maximum absolute atomic E-state index is 13.4. The highest BCUT2D eigenvalue weighted by Gasteiger charge is 2.39. The first-order valence-electron chi connectivity index (χ1n) is 10.2. The molecule has 158 valence electrons. The molecule has 0 amide bonds. The minimum absolute atomic E-state index is 0.0817. The zero-order chi connectivity index (χ0) is 22.3. The highest BCUT2D eigenvalue weighted by Crippen LogP contribution is 2.37. The SMILES string of the molecule is Cc1ccc(-c2ccc(Cl)cc2)cc1C1=C(CC(=O)C(C)(C)C)COC(C)(C)C1=O. The van der Waals surface area contributed by atoms with Crippen molar-refractivity contribution in [2.75, 3.05) is 6.61 Å². The first-order chi connectivity index (χ1) is 13.9. The first kappa shape index (κ1) is 22.5. The number of ketones is 2.